The zero-order valence-corrected chi connectivity index (χ0v) is 22.5. The minimum atomic E-state index is -0.584. The van der Waals surface area contributed by atoms with Gasteiger partial charge in [-0.05, 0) is 71.3 Å². The Labute approximate surface area is 241 Å². The van der Waals surface area contributed by atoms with Crippen LogP contribution in [-0.4, -0.2) is 25.6 Å². The summed E-state index contributed by atoms with van der Waals surface area (Å²) in [5.41, 5.74) is 5.10. The molecule has 1 amide bonds. The van der Waals surface area contributed by atoms with Crippen molar-refractivity contribution in [2.45, 2.75) is 6.42 Å². The Bertz CT molecular complexity index is 1880. The highest BCUT2D eigenvalue weighted by atomic mass is 35.5. The fourth-order valence-corrected chi connectivity index (χ4v) is 4.46. The quantitative estimate of drug-likeness (QED) is 0.250. The molecule has 0 saturated carbocycles. The first-order chi connectivity index (χ1) is 19.6. The van der Waals surface area contributed by atoms with Crippen LogP contribution >= 0.6 is 12.4 Å². The van der Waals surface area contributed by atoms with Gasteiger partial charge >= 0.3 is 6.09 Å². The number of rotatable bonds is 6. The highest BCUT2D eigenvalue weighted by molar-refractivity contribution is 5.87. The molecule has 202 valence electrons. The van der Waals surface area contributed by atoms with Gasteiger partial charge in [-0.2, -0.15) is 0 Å². The van der Waals surface area contributed by atoms with E-state index in [1.807, 2.05) is 66.7 Å². The highest BCUT2D eigenvalue weighted by Gasteiger charge is 2.15. The summed E-state index contributed by atoms with van der Waals surface area (Å²) in [6.45, 7) is 0. The third-order valence-electron chi connectivity index (χ3n) is 6.28. The van der Waals surface area contributed by atoms with Gasteiger partial charge in [-0.15, -0.1) is 12.4 Å². The molecule has 0 aliphatic rings. The maximum absolute atomic E-state index is 13.7. The van der Waals surface area contributed by atoms with Gasteiger partial charge in [0.05, 0.1) is 5.69 Å². The summed E-state index contributed by atoms with van der Waals surface area (Å²) in [5.74, 6) is 0.454. The predicted octanol–water partition coefficient (Wildman–Crippen LogP) is 6.47. The van der Waals surface area contributed by atoms with Gasteiger partial charge in [0, 0.05) is 30.7 Å². The Hall–Kier alpha value is -5.34. The van der Waals surface area contributed by atoms with Crippen molar-refractivity contribution in [1.29, 1.82) is 0 Å². The Morgan fingerprint density at radius 2 is 1.61 bits per heavy atom. The second kappa shape index (κ2) is 12.2. The number of carbonyl (C=O) groups is 1. The van der Waals surface area contributed by atoms with Gasteiger partial charge in [-0.25, -0.2) is 14.8 Å². The average molecular weight is 562 g/mol. The van der Waals surface area contributed by atoms with E-state index >= 15 is 0 Å². The molecule has 3 heterocycles. The SMILES string of the molecule is Cl.O=C(Nc1cccc(-c2cccc(-n3c(=O)c(Cc4cccnc4)nc4cccnc43)c2)c1)Oc1ccccc1. The van der Waals surface area contributed by atoms with Crippen molar-refractivity contribution >= 4 is 35.4 Å². The van der Waals surface area contributed by atoms with Crippen LogP contribution in [0.4, 0.5) is 10.5 Å². The Kier molecular flexibility index (Phi) is 8.13. The fraction of sp³-hybridized carbons (Fsp3) is 0.0312. The summed E-state index contributed by atoms with van der Waals surface area (Å²) in [6, 6.07) is 31.3. The molecule has 3 aromatic carbocycles. The van der Waals surface area contributed by atoms with Crippen LogP contribution in [0.3, 0.4) is 0 Å². The molecule has 1 N–H and O–H groups in total. The number of benzene rings is 3. The minimum Gasteiger partial charge on any atom is -0.410 e. The van der Waals surface area contributed by atoms with Gasteiger partial charge in [0.25, 0.3) is 5.56 Å². The molecule has 0 fully saturated rings. The number of ether oxygens (including phenoxy) is 1. The van der Waals surface area contributed by atoms with E-state index in [2.05, 4.69) is 20.3 Å². The number of nitrogens with zero attached hydrogens (tertiary/aromatic N) is 4. The molecular weight excluding hydrogens is 538 g/mol. The van der Waals surface area contributed by atoms with Crippen LogP contribution in [0.5, 0.6) is 5.75 Å². The molecule has 0 radical (unpaired) electrons. The molecule has 6 aromatic rings. The third-order valence-corrected chi connectivity index (χ3v) is 6.28. The summed E-state index contributed by atoms with van der Waals surface area (Å²) in [5, 5.41) is 2.77. The van der Waals surface area contributed by atoms with Crippen molar-refractivity contribution in [3.63, 3.8) is 0 Å². The summed E-state index contributed by atoms with van der Waals surface area (Å²) < 4.78 is 6.94. The topological polar surface area (TPSA) is 99.0 Å². The van der Waals surface area contributed by atoms with E-state index in [-0.39, 0.29) is 18.0 Å². The molecular formula is C32H24ClN5O3. The number of pyridine rings is 2. The van der Waals surface area contributed by atoms with E-state index in [1.165, 1.54) is 0 Å². The predicted molar refractivity (Wildman–Crippen MR) is 161 cm³/mol. The van der Waals surface area contributed by atoms with Gasteiger partial charge in [0.2, 0.25) is 0 Å². The van der Waals surface area contributed by atoms with Crippen molar-refractivity contribution in [2.75, 3.05) is 5.32 Å². The molecule has 9 heteroatoms. The number of carbonyl (C=O) groups excluding carboxylic acids is 1. The van der Waals surface area contributed by atoms with Gasteiger partial charge in [-0.1, -0.05) is 48.5 Å². The molecule has 0 aliphatic carbocycles. The number of hydrogen-bond acceptors (Lipinski definition) is 6. The maximum Gasteiger partial charge on any atom is 0.417 e. The summed E-state index contributed by atoms with van der Waals surface area (Å²) in [6.07, 6.45) is 4.84. The Morgan fingerprint density at radius 3 is 2.41 bits per heavy atom. The van der Waals surface area contributed by atoms with Crippen molar-refractivity contribution in [2.24, 2.45) is 0 Å². The third kappa shape index (κ3) is 6.13. The van der Waals surface area contributed by atoms with Gasteiger partial charge < -0.3 is 4.74 Å². The van der Waals surface area contributed by atoms with Crippen molar-refractivity contribution in [3.8, 4) is 22.6 Å². The largest absolute Gasteiger partial charge is 0.417 e. The van der Waals surface area contributed by atoms with Crippen LogP contribution in [0.25, 0.3) is 28.0 Å². The molecule has 0 unspecified atom stereocenters. The van der Waals surface area contributed by atoms with Gasteiger partial charge in [-0.3, -0.25) is 19.7 Å². The van der Waals surface area contributed by atoms with Crippen molar-refractivity contribution < 1.29 is 9.53 Å². The van der Waals surface area contributed by atoms with Crippen molar-refractivity contribution in [3.05, 3.63) is 143 Å². The van der Waals surface area contributed by atoms with E-state index in [0.29, 0.717) is 40.4 Å². The molecule has 0 saturated heterocycles. The maximum atomic E-state index is 13.7. The average Bonchev–Trinajstić information content (AvgIpc) is 2.99. The van der Waals surface area contributed by atoms with Crippen LogP contribution in [0.1, 0.15) is 11.3 Å². The lowest BCUT2D eigenvalue weighted by Gasteiger charge is -2.13. The standard InChI is InChI=1S/C32H23N5O3.ClH/c38-31-29(18-22-8-6-16-33-21-22)36-28-15-7-17-34-30(28)37(31)26-12-5-10-24(20-26)23-9-4-11-25(19-23)35-32(39)40-27-13-2-1-3-14-27;/h1-17,19-21H,18H2,(H,35,39);1H. The molecule has 0 atom stereocenters. The highest BCUT2D eigenvalue weighted by Crippen LogP contribution is 2.26. The zero-order chi connectivity index (χ0) is 27.3. The molecule has 8 nitrogen and oxygen atoms in total. The van der Waals surface area contributed by atoms with E-state index in [0.717, 1.165) is 16.7 Å². The Balaban J connectivity index is 0.00000337. The lowest BCUT2D eigenvalue weighted by molar-refractivity contribution is 0.215. The van der Waals surface area contributed by atoms with Crippen LogP contribution in [-0.2, 0) is 6.42 Å². The first kappa shape index (κ1) is 27.2. The number of fused-ring (bicyclic) bond motifs is 1. The second-order valence-electron chi connectivity index (χ2n) is 9.04. The number of hydrogen-bond donors (Lipinski definition) is 1. The molecule has 3 aromatic heterocycles. The smallest absolute Gasteiger partial charge is 0.410 e. The number of aromatic nitrogens is 4. The van der Waals surface area contributed by atoms with E-state index in [1.54, 1.807) is 59.6 Å². The molecule has 0 aliphatic heterocycles. The van der Waals surface area contributed by atoms with Crippen LogP contribution in [0.2, 0.25) is 0 Å². The minimum absolute atomic E-state index is 0. The first-order valence-electron chi connectivity index (χ1n) is 12.6. The second-order valence-corrected chi connectivity index (χ2v) is 9.04. The number of para-hydroxylation sites is 1. The Morgan fingerprint density at radius 1 is 0.829 bits per heavy atom. The van der Waals surface area contributed by atoms with Crippen LogP contribution in [0, 0.1) is 0 Å². The normalized spacial score (nSPS) is 10.5. The number of amides is 1. The van der Waals surface area contributed by atoms with Gasteiger partial charge in [0.15, 0.2) is 5.65 Å². The molecule has 41 heavy (non-hydrogen) atoms. The molecule has 0 bridgehead atoms. The summed E-state index contributed by atoms with van der Waals surface area (Å²) in [4.78, 5) is 39.4. The van der Waals surface area contributed by atoms with E-state index < -0.39 is 6.09 Å². The molecule has 0 spiro atoms. The fourth-order valence-electron chi connectivity index (χ4n) is 4.46. The van der Waals surface area contributed by atoms with Crippen LogP contribution < -0.4 is 15.6 Å². The van der Waals surface area contributed by atoms with Gasteiger partial charge in [0.1, 0.15) is 17.0 Å². The lowest BCUT2D eigenvalue weighted by atomic mass is 10.0. The number of halogens is 1. The first-order valence-corrected chi connectivity index (χ1v) is 12.6. The van der Waals surface area contributed by atoms with Crippen LogP contribution in [0.15, 0.2) is 127 Å². The van der Waals surface area contributed by atoms with E-state index in [9.17, 15) is 9.59 Å². The van der Waals surface area contributed by atoms with E-state index in [4.69, 9.17) is 4.74 Å². The monoisotopic (exact) mass is 561 g/mol. The number of anilines is 1. The summed E-state index contributed by atoms with van der Waals surface area (Å²) >= 11 is 0. The summed E-state index contributed by atoms with van der Waals surface area (Å²) in [7, 11) is 0. The number of nitrogens with one attached hydrogen (secondary N) is 1. The molecule has 6 rings (SSSR count). The lowest BCUT2D eigenvalue weighted by Crippen LogP contribution is -2.25. The van der Waals surface area contributed by atoms with Crippen molar-refractivity contribution in [1.82, 2.24) is 19.5 Å². The zero-order valence-electron chi connectivity index (χ0n) is 21.7.